The monoisotopic (exact) mass is 252 g/mol. The molecular formula is C11H10F2N4O. The van der Waals surface area contributed by atoms with E-state index in [-0.39, 0.29) is 17.5 Å². The quantitative estimate of drug-likeness (QED) is 0.875. The highest BCUT2D eigenvalue weighted by Crippen LogP contribution is 2.22. The van der Waals surface area contributed by atoms with Crippen LogP contribution < -0.4 is 15.8 Å². The highest BCUT2D eigenvalue weighted by Gasteiger charge is 2.06. The number of benzene rings is 1. The number of anilines is 3. The van der Waals surface area contributed by atoms with Crippen LogP contribution in [0.25, 0.3) is 0 Å². The molecule has 1 aromatic heterocycles. The molecule has 7 heteroatoms. The molecule has 3 N–H and O–H groups in total. The molecule has 1 heterocycles. The van der Waals surface area contributed by atoms with Crippen molar-refractivity contribution in [2.75, 3.05) is 18.2 Å². The Morgan fingerprint density at radius 2 is 2.06 bits per heavy atom. The zero-order chi connectivity index (χ0) is 13.1. The summed E-state index contributed by atoms with van der Waals surface area (Å²) in [5.74, 6) is -1.31. The van der Waals surface area contributed by atoms with E-state index in [1.54, 1.807) is 6.07 Å². The molecule has 0 spiro atoms. The molecule has 0 radical (unpaired) electrons. The highest BCUT2D eigenvalue weighted by atomic mass is 19.1. The van der Waals surface area contributed by atoms with E-state index in [0.29, 0.717) is 5.69 Å². The number of aromatic nitrogens is 2. The molecular weight excluding hydrogens is 242 g/mol. The van der Waals surface area contributed by atoms with E-state index >= 15 is 0 Å². The van der Waals surface area contributed by atoms with Crippen LogP contribution in [-0.2, 0) is 0 Å². The molecule has 0 unspecified atom stereocenters. The number of halogens is 2. The molecule has 0 atom stereocenters. The number of hydrogen-bond donors (Lipinski definition) is 2. The summed E-state index contributed by atoms with van der Waals surface area (Å²) in [4.78, 5) is 7.34. The van der Waals surface area contributed by atoms with Gasteiger partial charge in [-0.25, -0.2) is 13.8 Å². The van der Waals surface area contributed by atoms with Crippen LogP contribution in [0.15, 0.2) is 24.4 Å². The van der Waals surface area contributed by atoms with Crippen LogP contribution in [0.5, 0.6) is 5.75 Å². The van der Waals surface area contributed by atoms with Crippen LogP contribution in [0.3, 0.4) is 0 Å². The fourth-order valence-corrected chi connectivity index (χ4v) is 1.31. The van der Waals surface area contributed by atoms with Crippen molar-refractivity contribution in [3.8, 4) is 5.75 Å². The van der Waals surface area contributed by atoms with Gasteiger partial charge >= 0.3 is 0 Å². The third kappa shape index (κ3) is 2.45. The maximum absolute atomic E-state index is 13.4. The smallest absolute Gasteiger partial charge is 0.229 e. The first-order valence-electron chi connectivity index (χ1n) is 4.98. The summed E-state index contributed by atoms with van der Waals surface area (Å²) in [6.45, 7) is 0. The third-order valence-electron chi connectivity index (χ3n) is 2.18. The van der Waals surface area contributed by atoms with Crippen LogP contribution in [0.2, 0.25) is 0 Å². The Bertz CT molecular complexity index is 577. The number of rotatable bonds is 3. The zero-order valence-corrected chi connectivity index (χ0v) is 9.45. The Balaban J connectivity index is 2.23. The van der Waals surface area contributed by atoms with Gasteiger partial charge in [0.15, 0.2) is 23.2 Å². The second-order valence-electron chi connectivity index (χ2n) is 3.40. The normalized spacial score (nSPS) is 10.2. The first-order chi connectivity index (χ1) is 8.60. The molecule has 94 valence electrons. The lowest BCUT2D eigenvalue weighted by Crippen LogP contribution is -2.02. The molecule has 0 aliphatic carbocycles. The van der Waals surface area contributed by atoms with E-state index in [2.05, 4.69) is 15.3 Å². The van der Waals surface area contributed by atoms with E-state index in [4.69, 9.17) is 10.5 Å². The summed E-state index contributed by atoms with van der Waals surface area (Å²) in [6, 6.07) is 4.23. The summed E-state index contributed by atoms with van der Waals surface area (Å²) >= 11 is 0. The van der Waals surface area contributed by atoms with Crippen molar-refractivity contribution in [2.24, 2.45) is 0 Å². The summed E-state index contributed by atoms with van der Waals surface area (Å²) < 4.78 is 31.0. The van der Waals surface area contributed by atoms with Gasteiger partial charge in [-0.1, -0.05) is 0 Å². The van der Waals surface area contributed by atoms with Gasteiger partial charge in [0.05, 0.1) is 13.3 Å². The van der Waals surface area contributed by atoms with Crippen molar-refractivity contribution in [2.45, 2.75) is 0 Å². The molecule has 0 fully saturated rings. The minimum Gasteiger partial charge on any atom is -0.494 e. The average Bonchev–Trinajstić information content (AvgIpc) is 2.34. The number of nitrogens with zero attached hydrogens (tertiary/aromatic N) is 2. The topological polar surface area (TPSA) is 73.1 Å². The van der Waals surface area contributed by atoms with Crippen molar-refractivity contribution in [1.82, 2.24) is 9.97 Å². The van der Waals surface area contributed by atoms with Gasteiger partial charge in [0.25, 0.3) is 0 Å². The van der Waals surface area contributed by atoms with E-state index in [0.717, 1.165) is 6.20 Å². The number of nitrogens with two attached hydrogens (primary N) is 1. The van der Waals surface area contributed by atoms with Gasteiger partial charge in [0.2, 0.25) is 5.95 Å². The molecule has 0 bridgehead atoms. The van der Waals surface area contributed by atoms with Gasteiger partial charge < -0.3 is 15.8 Å². The van der Waals surface area contributed by atoms with Crippen LogP contribution >= 0.6 is 0 Å². The van der Waals surface area contributed by atoms with E-state index in [9.17, 15) is 8.78 Å². The van der Waals surface area contributed by atoms with Crippen LogP contribution in [-0.4, -0.2) is 17.1 Å². The number of ether oxygens (including phenoxy) is 1. The molecule has 2 rings (SSSR count). The minimum absolute atomic E-state index is 0.0819. The number of hydrogen-bond acceptors (Lipinski definition) is 5. The highest BCUT2D eigenvalue weighted by molar-refractivity contribution is 5.56. The van der Waals surface area contributed by atoms with Crippen LogP contribution in [0.1, 0.15) is 0 Å². The van der Waals surface area contributed by atoms with Crippen molar-refractivity contribution >= 4 is 17.5 Å². The summed E-state index contributed by atoms with van der Waals surface area (Å²) in [6.07, 6.45) is 0.935. The largest absolute Gasteiger partial charge is 0.494 e. The Morgan fingerprint density at radius 1 is 1.28 bits per heavy atom. The van der Waals surface area contributed by atoms with Gasteiger partial charge in [-0.15, -0.1) is 0 Å². The van der Waals surface area contributed by atoms with Gasteiger partial charge in [0.1, 0.15) is 0 Å². The molecule has 1 aromatic carbocycles. The molecule has 5 nitrogen and oxygen atoms in total. The summed E-state index contributed by atoms with van der Waals surface area (Å²) in [5, 5.41) is 2.70. The second-order valence-corrected chi connectivity index (χ2v) is 3.40. The molecule has 0 amide bonds. The second kappa shape index (κ2) is 4.82. The van der Waals surface area contributed by atoms with Gasteiger partial charge in [-0.2, -0.15) is 4.98 Å². The SMILES string of the molecule is COc1ccc(Nc2ncc(F)c(N)n2)cc1F. The zero-order valence-electron chi connectivity index (χ0n) is 9.45. The standard InChI is InChI=1S/C11H10F2N4O/c1-18-9-3-2-6(4-7(9)12)16-11-15-5-8(13)10(14)17-11/h2-5H,1H3,(H3,14,15,16,17). The predicted molar refractivity (Wildman–Crippen MR) is 62.6 cm³/mol. The Morgan fingerprint density at radius 3 is 2.67 bits per heavy atom. The lowest BCUT2D eigenvalue weighted by atomic mass is 10.3. The number of nitrogens with one attached hydrogen (secondary N) is 1. The van der Waals surface area contributed by atoms with Crippen LogP contribution in [0.4, 0.5) is 26.2 Å². The first-order valence-corrected chi connectivity index (χ1v) is 4.98. The van der Waals surface area contributed by atoms with Gasteiger partial charge in [-0.3, -0.25) is 0 Å². The van der Waals surface area contributed by atoms with Crippen molar-refractivity contribution in [3.05, 3.63) is 36.0 Å². The Kier molecular flexibility index (Phi) is 3.22. The van der Waals surface area contributed by atoms with E-state index < -0.39 is 11.6 Å². The van der Waals surface area contributed by atoms with Gasteiger partial charge in [0, 0.05) is 11.8 Å². The summed E-state index contributed by atoms with van der Waals surface area (Å²) in [7, 11) is 1.37. The number of methoxy groups -OCH3 is 1. The van der Waals surface area contributed by atoms with Crippen molar-refractivity contribution < 1.29 is 13.5 Å². The maximum atomic E-state index is 13.4. The fraction of sp³-hybridized carbons (Fsp3) is 0.0909. The van der Waals surface area contributed by atoms with Gasteiger partial charge in [-0.05, 0) is 12.1 Å². The average molecular weight is 252 g/mol. The molecule has 0 aliphatic heterocycles. The van der Waals surface area contributed by atoms with Crippen molar-refractivity contribution in [1.29, 1.82) is 0 Å². The lowest BCUT2D eigenvalue weighted by molar-refractivity contribution is 0.386. The molecule has 18 heavy (non-hydrogen) atoms. The molecule has 0 saturated heterocycles. The fourth-order valence-electron chi connectivity index (χ4n) is 1.31. The van der Waals surface area contributed by atoms with Crippen molar-refractivity contribution in [3.63, 3.8) is 0 Å². The maximum Gasteiger partial charge on any atom is 0.229 e. The first kappa shape index (κ1) is 12.0. The van der Waals surface area contributed by atoms with E-state index in [1.165, 1.54) is 19.2 Å². The molecule has 0 aliphatic rings. The Labute approximate surface area is 102 Å². The molecule has 0 saturated carbocycles. The summed E-state index contributed by atoms with van der Waals surface area (Å²) in [5.41, 5.74) is 5.69. The minimum atomic E-state index is -0.707. The van der Waals surface area contributed by atoms with Crippen LogP contribution in [0, 0.1) is 11.6 Å². The third-order valence-corrected chi connectivity index (χ3v) is 2.18. The number of nitrogen functional groups attached to an aromatic ring is 1. The predicted octanol–water partition coefficient (Wildman–Crippen LogP) is 2.09. The van der Waals surface area contributed by atoms with E-state index in [1.807, 2.05) is 0 Å². The molecule has 2 aromatic rings. The lowest BCUT2D eigenvalue weighted by Gasteiger charge is -2.07. The Hall–Kier alpha value is -2.44.